The minimum Gasteiger partial charge on any atom is -0.378 e. The maximum Gasteiger partial charge on any atom is 0.0575 e. The highest BCUT2D eigenvalue weighted by atomic mass is 16.5. The van der Waals surface area contributed by atoms with E-state index in [1.54, 1.807) is 0 Å². The van der Waals surface area contributed by atoms with Gasteiger partial charge in [-0.3, -0.25) is 0 Å². The molecule has 0 aromatic carbocycles. The van der Waals surface area contributed by atoms with Crippen LogP contribution in [0.4, 0.5) is 0 Å². The van der Waals surface area contributed by atoms with Gasteiger partial charge < -0.3 is 15.0 Å². The third-order valence-corrected chi connectivity index (χ3v) is 4.27. The van der Waals surface area contributed by atoms with E-state index in [0.29, 0.717) is 11.5 Å². The average Bonchev–Trinajstić information content (AvgIpc) is 2.38. The standard InChI is InChI=1S/C16H32N2O/c1-16(2,3)13-19-15-6-4-14(5-7-15)12-18-10-8-17-9-11-18/h14-15,17H,4-13H2,1-3H3. The average molecular weight is 268 g/mol. The van der Waals surface area contributed by atoms with E-state index in [1.807, 2.05) is 0 Å². The Morgan fingerprint density at radius 2 is 1.68 bits per heavy atom. The fourth-order valence-electron chi connectivity index (χ4n) is 3.11. The summed E-state index contributed by atoms with van der Waals surface area (Å²) in [5.74, 6) is 0.910. The molecule has 2 fully saturated rings. The van der Waals surface area contributed by atoms with Crippen molar-refractivity contribution in [2.75, 3.05) is 39.3 Å². The van der Waals surface area contributed by atoms with Crippen molar-refractivity contribution in [3.05, 3.63) is 0 Å². The Balaban J connectivity index is 1.62. The van der Waals surface area contributed by atoms with Crippen molar-refractivity contribution in [1.82, 2.24) is 10.2 Å². The van der Waals surface area contributed by atoms with Crippen LogP contribution < -0.4 is 5.32 Å². The molecule has 0 atom stereocenters. The van der Waals surface area contributed by atoms with E-state index in [4.69, 9.17) is 4.74 Å². The molecule has 0 amide bonds. The van der Waals surface area contributed by atoms with Crippen LogP contribution in [0.25, 0.3) is 0 Å². The van der Waals surface area contributed by atoms with Crippen molar-refractivity contribution in [2.24, 2.45) is 11.3 Å². The molecule has 1 aliphatic carbocycles. The lowest BCUT2D eigenvalue weighted by atomic mass is 9.86. The smallest absolute Gasteiger partial charge is 0.0575 e. The molecule has 1 saturated heterocycles. The van der Waals surface area contributed by atoms with E-state index < -0.39 is 0 Å². The third-order valence-electron chi connectivity index (χ3n) is 4.27. The van der Waals surface area contributed by atoms with Crippen molar-refractivity contribution in [3.8, 4) is 0 Å². The summed E-state index contributed by atoms with van der Waals surface area (Å²) < 4.78 is 6.06. The molecule has 1 N–H and O–H groups in total. The zero-order valence-electron chi connectivity index (χ0n) is 13.1. The van der Waals surface area contributed by atoms with Crippen molar-refractivity contribution >= 4 is 0 Å². The van der Waals surface area contributed by atoms with Crippen LogP contribution in [0, 0.1) is 11.3 Å². The summed E-state index contributed by atoms with van der Waals surface area (Å²) in [6.45, 7) is 13.8. The molecule has 0 bridgehead atoms. The number of hydrogen-bond donors (Lipinski definition) is 1. The monoisotopic (exact) mass is 268 g/mol. The predicted octanol–water partition coefficient (Wildman–Crippen LogP) is 2.51. The Morgan fingerprint density at radius 1 is 1.05 bits per heavy atom. The predicted molar refractivity (Wildman–Crippen MR) is 80.5 cm³/mol. The van der Waals surface area contributed by atoms with E-state index in [9.17, 15) is 0 Å². The molecule has 2 aliphatic rings. The molecule has 0 aromatic rings. The molecule has 0 unspecified atom stereocenters. The number of nitrogens with zero attached hydrogens (tertiary/aromatic N) is 1. The second-order valence-electron chi connectivity index (χ2n) is 7.57. The summed E-state index contributed by atoms with van der Waals surface area (Å²) >= 11 is 0. The molecule has 1 aliphatic heterocycles. The first-order chi connectivity index (χ1) is 9.03. The van der Waals surface area contributed by atoms with Crippen LogP contribution in [0.15, 0.2) is 0 Å². The summed E-state index contributed by atoms with van der Waals surface area (Å²) in [4.78, 5) is 2.64. The fraction of sp³-hybridized carbons (Fsp3) is 1.00. The van der Waals surface area contributed by atoms with E-state index in [-0.39, 0.29) is 0 Å². The topological polar surface area (TPSA) is 24.5 Å². The minimum atomic E-state index is 0.303. The van der Waals surface area contributed by atoms with Crippen molar-refractivity contribution in [3.63, 3.8) is 0 Å². The summed E-state index contributed by atoms with van der Waals surface area (Å²) in [6.07, 6.45) is 5.79. The first-order valence-corrected chi connectivity index (χ1v) is 8.07. The van der Waals surface area contributed by atoms with E-state index in [1.165, 1.54) is 58.4 Å². The molecular weight excluding hydrogens is 236 g/mol. The van der Waals surface area contributed by atoms with Crippen LogP contribution in [-0.2, 0) is 4.74 Å². The highest BCUT2D eigenvalue weighted by Crippen LogP contribution is 2.28. The normalized spacial score (nSPS) is 30.5. The van der Waals surface area contributed by atoms with Crippen LogP contribution in [-0.4, -0.2) is 50.3 Å². The van der Waals surface area contributed by atoms with Gasteiger partial charge >= 0.3 is 0 Å². The molecule has 19 heavy (non-hydrogen) atoms. The Morgan fingerprint density at radius 3 is 2.26 bits per heavy atom. The van der Waals surface area contributed by atoms with Gasteiger partial charge in [-0.15, -0.1) is 0 Å². The summed E-state index contributed by atoms with van der Waals surface area (Å²) in [6, 6.07) is 0. The lowest BCUT2D eigenvalue weighted by Gasteiger charge is -2.35. The fourth-order valence-corrected chi connectivity index (χ4v) is 3.11. The number of piperazine rings is 1. The Labute approximate surface area is 119 Å². The molecule has 112 valence electrons. The van der Waals surface area contributed by atoms with Gasteiger partial charge in [-0.2, -0.15) is 0 Å². The second kappa shape index (κ2) is 7.05. The lowest BCUT2D eigenvalue weighted by molar-refractivity contribution is -0.0196. The first-order valence-electron chi connectivity index (χ1n) is 8.07. The summed E-state index contributed by atoms with van der Waals surface area (Å²) in [5.41, 5.74) is 0.303. The van der Waals surface area contributed by atoms with Gasteiger partial charge in [0.05, 0.1) is 12.7 Å². The molecule has 1 saturated carbocycles. The van der Waals surface area contributed by atoms with Gasteiger partial charge in [-0.05, 0) is 37.0 Å². The zero-order chi connectivity index (χ0) is 13.7. The number of rotatable bonds is 4. The molecular formula is C16H32N2O. The SMILES string of the molecule is CC(C)(C)COC1CCC(CN2CCNCC2)CC1. The minimum absolute atomic E-state index is 0.303. The number of ether oxygens (including phenoxy) is 1. The van der Waals surface area contributed by atoms with Crippen LogP contribution in [0.1, 0.15) is 46.5 Å². The van der Waals surface area contributed by atoms with E-state index in [0.717, 1.165) is 12.5 Å². The second-order valence-corrected chi connectivity index (χ2v) is 7.57. The first kappa shape index (κ1) is 15.3. The van der Waals surface area contributed by atoms with Crippen molar-refractivity contribution < 1.29 is 4.74 Å². The van der Waals surface area contributed by atoms with Gasteiger partial charge in [0.1, 0.15) is 0 Å². The van der Waals surface area contributed by atoms with Crippen molar-refractivity contribution in [1.29, 1.82) is 0 Å². The van der Waals surface area contributed by atoms with Gasteiger partial charge in [0.2, 0.25) is 0 Å². The Kier molecular flexibility index (Phi) is 5.67. The van der Waals surface area contributed by atoms with Gasteiger partial charge in [0.15, 0.2) is 0 Å². The highest BCUT2D eigenvalue weighted by Gasteiger charge is 2.25. The van der Waals surface area contributed by atoms with Crippen molar-refractivity contribution in [2.45, 2.75) is 52.6 Å². The largest absolute Gasteiger partial charge is 0.378 e. The van der Waals surface area contributed by atoms with Crippen LogP contribution >= 0.6 is 0 Å². The number of hydrogen-bond acceptors (Lipinski definition) is 3. The Hall–Kier alpha value is -0.120. The molecule has 1 heterocycles. The molecule has 3 nitrogen and oxygen atoms in total. The van der Waals surface area contributed by atoms with E-state index >= 15 is 0 Å². The quantitative estimate of drug-likeness (QED) is 0.848. The van der Waals surface area contributed by atoms with Crippen LogP contribution in [0.3, 0.4) is 0 Å². The van der Waals surface area contributed by atoms with Gasteiger partial charge in [-0.1, -0.05) is 20.8 Å². The van der Waals surface area contributed by atoms with Crippen LogP contribution in [0.2, 0.25) is 0 Å². The summed E-state index contributed by atoms with van der Waals surface area (Å²) in [7, 11) is 0. The summed E-state index contributed by atoms with van der Waals surface area (Å²) in [5, 5.41) is 3.43. The van der Waals surface area contributed by atoms with Gasteiger partial charge in [0, 0.05) is 32.7 Å². The third kappa shape index (κ3) is 5.80. The number of nitrogens with one attached hydrogen (secondary N) is 1. The zero-order valence-corrected chi connectivity index (χ0v) is 13.1. The molecule has 0 spiro atoms. The highest BCUT2D eigenvalue weighted by molar-refractivity contribution is 4.78. The van der Waals surface area contributed by atoms with Gasteiger partial charge in [0.25, 0.3) is 0 Å². The van der Waals surface area contributed by atoms with E-state index in [2.05, 4.69) is 31.0 Å². The van der Waals surface area contributed by atoms with Crippen LogP contribution in [0.5, 0.6) is 0 Å². The Bertz CT molecular complexity index is 248. The maximum atomic E-state index is 6.06. The molecule has 2 rings (SSSR count). The maximum absolute atomic E-state index is 6.06. The molecule has 0 radical (unpaired) electrons. The van der Waals surface area contributed by atoms with Gasteiger partial charge in [-0.25, -0.2) is 0 Å². The molecule has 0 aromatic heterocycles. The molecule has 3 heteroatoms. The lowest BCUT2D eigenvalue weighted by Crippen LogP contribution is -2.45.